The van der Waals surface area contributed by atoms with Crippen molar-refractivity contribution >= 4 is 5.97 Å². The highest BCUT2D eigenvalue weighted by Gasteiger charge is 2.88. The number of hydrogen-bond donors (Lipinski definition) is 0. The lowest BCUT2D eigenvalue weighted by Crippen LogP contribution is -2.67. The second-order valence-corrected chi connectivity index (χ2v) is 7.32. The van der Waals surface area contributed by atoms with Gasteiger partial charge in [-0.25, -0.2) is 0 Å². The molecule has 0 bridgehead atoms. The van der Waals surface area contributed by atoms with Crippen LogP contribution in [-0.2, 0) is 9.53 Å². The van der Waals surface area contributed by atoms with E-state index in [1.807, 2.05) is 0 Å². The molecule has 0 aromatic rings. The van der Waals surface area contributed by atoms with Gasteiger partial charge in [0.15, 0.2) is 6.61 Å². The number of carbonyl (C=O) groups excluding carboxylic acids is 1. The third-order valence-electron chi connectivity index (χ3n) is 4.40. The summed E-state index contributed by atoms with van der Waals surface area (Å²) in [5.41, 5.74) is -1.56. The zero-order valence-corrected chi connectivity index (χ0v) is 16.1. The molecule has 0 rings (SSSR count). The van der Waals surface area contributed by atoms with Crippen molar-refractivity contribution in [1.29, 1.82) is 0 Å². The van der Waals surface area contributed by atoms with Gasteiger partial charge in [-0.05, 0) is 20.3 Å². The molecule has 17 heteroatoms. The van der Waals surface area contributed by atoms with Crippen LogP contribution in [0.4, 0.5) is 65.9 Å². The summed E-state index contributed by atoms with van der Waals surface area (Å²) in [6.07, 6.45) is -11.9. The van der Waals surface area contributed by atoms with Gasteiger partial charge in [0, 0.05) is 0 Å². The predicted molar refractivity (Wildman–Crippen MR) is 75.4 cm³/mol. The van der Waals surface area contributed by atoms with Gasteiger partial charge in [-0.2, -0.15) is 65.9 Å². The van der Waals surface area contributed by atoms with Crippen LogP contribution in [0, 0.1) is 5.41 Å². The zero-order valence-electron chi connectivity index (χ0n) is 16.1. The number of halogens is 15. The van der Waals surface area contributed by atoms with E-state index in [4.69, 9.17) is 0 Å². The van der Waals surface area contributed by atoms with Crippen molar-refractivity contribution in [3.05, 3.63) is 0 Å². The Labute approximate surface area is 170 Å². The van der Waals surface area contributed by atoms with Gasteiger partial charge in [0.2, 0.25) is 0 Å². The van der Waals surface area contributed by atoms with Crippen molar-refractivity contribution in [3.63, 3.8) is 0 Å². The van der Waals surface area contributed by atoms with Gasteiger partial charge in [0.25, 0.3) is 0 Å². The van der Waals surface area contributed by atoms with Gasteiger partial charge in [-0.3, -0.25) is 4.79 Å². The van der Waals surface area contributed by atoms with E-state index < -0.39 is 66.1 Å². The summed E-state index contributed by atoms with van der Waals surface area (Å²) in [4.78, 5) is 11.5. The molecular weight excluding hydrogens is 497 g/mol. The summed E-state index contributed by atoms with van der Waals surface area (Å²) in [5, 5.41) is 0. The Bertz CT molecular complexity index is 679. The van der Waals surface area contributed by atoms with Crippen molar-refractivity contribution < 1.29 is 75.4 Å². The fourth-order valence-electron chi connectivity index (χ4n) is 1.73. The molecule has 0 amide bonds. The minimum absolute atomic E-state index is 0.111. The molecule has 0 aliphatic rings. The van der Waals surface area contributed by atoms with Crippen LogP contribution in [0.15, 0.2) is 0 Å². The van der Waals surface area contributed by atoms with Crippen molar-refractivity contribution in [1.82, 2.24) is 0 Å². The second kappa shape index (κ2) is 8.33. The Kier molecular flexibility index (Phi) is 7.92. The molecule has 0 spiro atoms. The lowest BCUT2D eigenvalue weighted by molar-refractivity contribution is -0.427. The lowest BCUT2D eigenvalue weighted by Gasteiger charge is -2.39. The lowest BCUT2D eigenvalue weighted by atomic mass is 9.90. The van der Waals surface area contributed by atoms with Gasteiger partial charge < -0.3 is 4.74 Å². The van der Waals surface area contributed by atoms with Crippen LogP contribution >= 0.6 is 0 Å². The summed E-state index contributed by atoms with van der Waals surface area (Å²) >= 11 is 0. The molecule has 2 nitrogen and oxygen atoms in total. The van der Waals surface area contributed by atoms with Crippen LogP contribution in [0.1, 0.15) is 33.6 Å². The monoisotopic (exact) mass is 512 g/mol. The molecule has 0 aliphatic carbocycles. The third kappa shape index (κ3) is 5.15. The zero-order chi connectivity index (χ0) is 26.4. The van der Waals surface area contributed by atoms with E-state index >= 15 is 0 Å². The summed E-state index contributed by atoms with van der Waals surface area (Å²) < 4.78 is 199. The number of hydrogen-bond acceptors (Lipinski definition) is 2. The minimum atomic E-state index is -8.02. The topological polar surface area (TPSA) is 26.3 Å². The molecule has 0 heterocycles. The first-order chi connectivity index (χ1) is 13.6. The Morgan fingerprint density at radius 1 is 0.625 bits per heavy atom. The molecule has 0 aliphatic heterocycles. The SMILES string of the molecule is CCC(C)(C)C(=O)OCC(F)(F)C(F)(F)CC(F)(F)C(F)(F)C(F)(F)C(F)(F)C(F)(F)F. The molecule has 32 heavy (non-hydrogen) atoms. The first-order valence-corrected chi connectivity index (χ1v) is 8.15. The minimum Gasteiger partial charge on any atom is -0.459 e. The Morgan fingerprint density at radius 2 is 1.03 bits per heavy atom. The summed E-state index contributed by atoms with van der Waals surface area (Å²) in [6, 6.07) is 0. The normalized spacial score (nSPS) is 15.7. The highest BCUT2D eigenvalue weighted by Crippen LogP contribution is 2.59. The van der Waals surface area contributed by atoms with Crippen molar-refractivity contribution in [2.75, 3.05) is 6.61 Å². The second-order valence-electron chi connectivity index (χ2n) is 7.32. The highest BCUT2D eigenvalue weighted by atomic mass is 19.4. The molecule has 0 unspecified atom stereocenters. The Balaban J connectivity index is 5.93. The maximum atomic E-state index is 13.6. The molecule has 192 valence electrons. The van der Waals surface area contributed by atoms with Crippen LogP contribution in [0.5, 0.6) is 0 Å². The molecule has 0 aromatic heterocycles. The van der Waals surface area contributed by atoms with E-state index in [0.717, 1.165) is 13.8 Å². The summed E-state index contributed by atoms with van der Waals surface area (Å²) in [7, 11) is 0. The van der Waals surface area contributed by atoms with Crippen molar-refractivity contribution in [2.24, 2.45) is 5.41 Å². The Hall–Kier alpha value is -1.58. The fourth-order valence-corrected chi connectivity index (χ4v) is 1.73. The van der Waals surface area contributed by atoms with E-state index in [2.05, 4.69) is 4.74 Å². The molecule has 0 radical (unpaired) electrons. The molecule has 0 saturated carbocycles. The van der Waals surface area contributed by atoms with Crippen LogP contribution in [0.2, 0.25) is 0 Å². The van der Waals surface area contributed by atoms with Crippen LogP contribution in [0.3, 0.4) is 0 Å². The van der Waals surface area contributed by atoms with Gasteiger partial charge in [0.1, 0.15) is 0 Å². The van der Waals surface area contributed by atoms with Gasteiger partial charge in [-0.1, -0.05) is 6.92 Å². The van der Waals surface area contributed by atoms with Crippen LogP contribution in [-0.4, -0.2) is 54.3 Å². The number of alkyl halides is 15. The first kappa shape index (κ1) is 30.4. The largest absolute Gasteiger partial charge is 0.460 e. The quantitative estimate of drug-likeness (QED) is 0.240. The summed E-state index contributed by atoms with van der Waals surface area (Å²) in [5.74, 6) is -44.9. The van der Waals surface area contributed by atoms with E-state index in [-0.39, 0.29) is 6.42 Å². The van der Waals surface area contributed by atoms with Crippen LogP contribution < -0.4 is 0 Å². The van der Waals surface area contributed by atoms with Gasteiger partial charge >= 0.3 is 47.7 Å². The van der Waals surface area contributed by atoms with E-state index in [1.54, 1.807) is 0 Å². The standard InChI is InChI=1S/C15H15F15O2/c1-4-8(2,3)7(31)32-6-11(20,21)9(16,17)5-10(18,19)12(22,23)13(24,25)14(26,27)15(28,29)30/h4-6H2,1-3H3. The average Bonchev–Trinajstić information content (AvgIpc) is 2.56. The molecule has 0 atom stereocenters. The predicted octanol–water partition coefficient (Wildman–Crippen LogP) is 6.73. The van der Waals surface area contributed by atoms with E-state index in [9.17, 15) is 70.7 Å². The smallest absolute Gasteiger partial charge is 0.459 e. The van der Waals surface area contributed by atoms with Gasteiger partial charge in [0.05, 0.1) is 11.8 Å². The number of esters is 1. The fraction of sp³-hybridized carbons (Fsp3) is 0.933. The third-order valence-corrected chi connectivity index (χ3v) is 4.40. The first-order valence-electron chi connectivity index (χ1n) is 8.15. The van der Waals surface area contributed by atoms with Crippen LogP contribution in [0.25, 0.3) is 0 Å². The van der Waals surface area contributed by atoms with E-state index in [1.165, 1.54) is 6.92 Å². The van der Waals surface area contributed by atoms with E-state index in [0.29, 0.717) is 0 Å². The molecular formula is C15H15F15O2. The van der Waals surface area contributed by atoms with Crippen molar-refractivity contribution in [2.45, 2.75) is 75.3 Å². The molecule has 0 fully saturated rings. The number of rotatable bonds is 10. The highest BCUT2D eigenvalue weighted by molar-refractivity contribution is 5.75. The molecule has 0 saturated heterocycles. The maximum Gasteiger partial charge on any atom is 0.460 e. The number of carbonyl (C=O) groups is 1. The summed E-state index contributed by atoms with van der Waals surface area (Å²) in [6.45, 7) is 0.735. The number of ether oxygens (including phenoxy) is 1. The molecule has 0 N–H and O–H groups in total. The average molecular weight is 512 g/mol. The Morgan fingerprint density at radius 3 is 1.38 bits per heavy atom. The maximum absolute atomic E-state index is 13.6. The van der Waals surface area contributed by atoms with Gasteiger partial charge in [-0.15, -0.1) is 0 Å². The molecule has 0 aromatic carbocycles. The van der Waals surface area contributed by atoms with Crippen molar-refractivity contribution in [3.8, 4) is 0 Å².